The van der Waals surface area contributed by atoms with Crippen molar-refractivity contribution in [2.75, 3.05) is 13.1 Å². The second kappa shape index (κ2) is 9.15. The van der Waals surface area contributed by atoms with Gasteiger partial charge in [-0.3, -0.25) is 4.90 Å². The summed E-state index contributed by atoms with van der Waals surface area (Å²) in [6.45, 7) is 1.45. The van der Waals surface area contributed by atoms with E-state index >= 15 is 0 Å². The van der Waals surface area contributed by atoms with Crippen LogP contribution in [0.1, 0.15) is 41.0 Å². The maximum atomic E-state index is 13.0. The van der Waals surface area contributed by atoms with Gasteiger partial charge in [0.2, 0.25) is 5.72 Å². The fraction of sp³-hybridized carbons (Fsp3) is 0.300. The molecule has 0 radical (unpaired) electrons. The molecule has 0 aromatic heterocycles. The van der Waals surface area contributed by atoms with Crippen LogP contribution in [-0.4, -0.2) is 41.4 Å². The Balaban J connectivity index is 1.55. The Kier molecular flexibility index (Phi) is 5.79. The van der Waals surface area contributed by atoms with Gasteiger partial charge in [0, 0.05) is 19.0 Å². The van der Waals surface area contributed by atoms with Crippen molar-refractivity contribution >= 4 is 11.9 Å². The smallest absolute Gasteiger partial charge is 0.420 e. The van der Waals surface area contributed by atoms with Crippen molar-refractivity contribution in [3.05, 3.63) is 107 Å². The van der Waals surface area contributed by atoms with Crippen LogP contribution in [0, 0.1) is 17.2 Å². The third-order valence-corrected chi connectivity index (χ3v) is 7.83. The summed E-state index contributed by atoms with van der Waals surface area (Å²) in [5.41, 5.74) is 1.72. The quantitative estimate of drug-likeness (QED) is 0.376. The minimum absolute atomic E-state index is 0.0861. The minimum Gasteiger partial charge on any atom is -0.427 e. The number of hydrogen-bond acceptors (Lipinski definition) is 7. The van der Waals surface area contributed by atoms with Gasteiger partial charge in [-0.15, -0.1) is 0 Å². The van der Waals surface area contributed by atoms with Crippen molar-refractivity contribution in [1.29, 1.82) is 5.26 Å². The van der Waals surface area contributed by atoms with Gasteiger partial charge in [-0.1, -0.05) is 72.8 Å². The summed E-state index contributed by atoms with van der Waals surface area (Å²) < 4.78 is 19.0. The van der Waals surface area contributed by atoms with E-state index in [0.717, 1.165) is 29.5 Å². The van der Waals surface area contributed by atoms with Gasteiger partial charge >= 0.3 is 11.9 Å². The molecule has 2 unspecified atom stereocenters. The van der Waals surface area contributed by atoms with Gasteiger partial charge in [0.15, 0.2) is 0 Å². The molecule has 186 valence electrons. The average Bonchev–Trinajstić information content (AvgIpc) is 2.95. The lowest BCUT2D eigenvalue weighted by atomic mass is 9.66. The predicted octanol–water partition coefficient (Wildman–Crippen LogP) is 4.13. The van der Waals surface area contributed by atoms with Crippen molar-refractivity contribution in [3.63, 3.8) is 0 Å². The fourth-order valence-electron chi connectivity index (χ4n) is 6.31. The minimum atomic E-state index is -1.53. The summed E-state index contributed by atoms with van der Waals surface area (Å²) in [7, 11) is 0. The van der Waals surface area contributed by atoms with Crippen LogP contribution in [0.2, 0.25) is 0 Å². The summed E-state index contributed by atoms with van der Waals surface area (Å²) in [6.07, 6.45) is 1.47. The van der Waals surface area contributed by atoms with E-state index in [0.29, 0.717) is 18.7 Å². The monoisotopic (exact) mass is 494 g/mol. The number of rotatable bonds is 6. The van der Waals surface area contributed by atoms with Crippen LogP contribution in [0.15, 0.2) is 84.9 Å². The van der Waals surface area contributed by atoms with E-state index in [-0.39, 0.29) is 12.5 Å². The summed E-state index contributed by atoms with van der Waals surface area (Å²) >= 11 is 0. The molecule has 4 fully saturated rings. The Morgan fingerprint density at radius 2 is 1.51 bits per heavy atom. The van der Waals surface area contributed by atoms with Gasteiger partial charge in [0.1, 0.15) is 0 Å². The normalized spacial score (nSPS) is 28.2. The lowest BCUT2D eigenvalue weighted by molar-refractivity contribution is -0.417. The number of hydrogen-bond donors (Lipinski definition) is 0. The second-order valence-electron chi connectivity index (χ2n) is 9.76. The first-order chi connectivity index (χ1) is 18.1. The van der Waals surface area contributed by atoms with Gasteiger partial charge in [0.25, 0.3) is 5.79 Å². The zero-order valence-electron chi connectivity index (χ0n) is 20.2. The van der Waals surface area contributed by atoms with Crippen molar-refractivity contribution < 1.29 is 23.8 Å². The number of carbonyl (C=O) groups is 2. The van der Waals surface area contributed by atoms with E-state index in [1.807, 2.05) is 66.7 Å². The Morgan fingerprint density at radius 1 is 0.892 bits per heavy atom. The topological polar surface area (TPSA) is 88.9 Å². The molecule has 0 amide bonds. The molecule has 2 atom stereocenters. The number of nitriles is 1. The van der Waals surface area contributed by atoms with Crippen LogP contribution in [0.4, 0.5) is 0 Å². The van der Waals surface area contributed by atoms with Gasteiger partial charge < -0.3 is 14.2 Å². The van der Waals surface area contributed by atoms with Gasteiger partial charge in [0.05, 0.1) is 24.2 Å². The number of ether oxygens (including phenoxy) is 3. The number of nitrogens with zero attached hydrogens (tertiary/aromatic N) is 2. The average molecular weight is 495 g/mol. The molecule has 4 heterocycles. The van der Waals surface area contributed by atoms with E-state index in [2.05, 4.69) is 11.0 Å². The lowest BCUT2D eigenvalue weighted by Gasteiger charge is -2.65. The largest absolute Gasteiger partial charge is 0.427 e. The predicted molar refractivity (Wildman–Crippen MR) is 133 cm³/mol. The molecule has 2 bridgehead atoms. The van der Waals surface area contributed by atoms with E-state index in [4.69, 9.17) is 14.2 Å². The molecule has 7 heteroatoms. The standard InChI is InChI=1S/C30H26N2O5/c31-19-21-8-7-9-22(18-21)20-35-30-25-14-16-32(17-15-25)29(30,36-27(33)28(34)37-30)26(23-10-3-1-4-11-23)24-12-5-2-6-13-24/h1-13,18,25-26H,14-17,20H2. The van der Waals surface area contributed by atoms with Crippen LogP contribution in [0.25, 0.3) is 0 Å². The summed E-state index contributed by atoms with van der Waals surface area (Å²) in [5, 5.41) is 9.36. The third-order valence-electron chi connectivity index (χ3n) is 7.83. The highest BCUT2D eigenvalue weighted by Gasteiger charge is 2.76. The molecule has 4 saturated heterocycles. The van der Waals surface area contributed by atoms with Crippen LogP contribution in [-0.2, 0) is 30.4 Å². The number of fused-ring (bicyclic) bond motifs is 2. The lowest BCUT2D eigenvalue weighted by Crippen LogP contribution is -2.82. The molecular weight excluding hydrogens is 468 g/mol. The summed E-state index contributed by atoms with van der Waals surface area (Å²) in [6, 6.07) is 29.0. The Bertz CT molecular complexity index is 1320. The Hall–Kier alpha value is -3.99. The maximum absolute atomic E-state index is 13.0. The van der Waals surface area contributed by atoms with Gasteiger partial charge in [-0.05, 0) is 41.7 Å². The molecule has 0 spiro atoms. The highest BCUT2D eigenvalue weighted by atomic mass is 16.8. The van der Waals surface area contributed by atoms with Crippen molar-refractivity contribution in [3.8, 4) is 6.07 Å². The molecule has 4 aliphatic rings. The number of carbonyl (C=O) groups excluding carboxylic acids is 2. The maximum Gasteiger partial charge on any atom is 0.420 e. The van der Waals surface area contributed by atoms with Crippen LogP contribution in [0.3, 0.4) is 0 Å². The van der Waals surface area contributed by atoms with Crippen molar-refractivity contribution in [2.24, 2.45) is 5.92 Å². The molecule has 37 heavy (non-hydrogen) atoms. The van der Waals surface area contributed by atoms with Gasteiger partial charge in [-0.25, -0.2) is 9.59 Å². The first kappa shape index (κ1) is 23.4. The van der Waals surface area contributed by atoms with E-state index < -0.39 is 29.4 Å². The molecule has 3 aromatic carbocycles. The molecule has 4 aliphatic heterocycles. The number of piperidine rings is 3. The van der Waals surface area contributed by atoms with E-state index in [1.165, 1.54) is 0 Å². The van der Waals surface area contributed by atoms with Crippen LogP contribution in [0.5, 0.6) is 0 Å². The number of benzene rings is 3. The molecular formula is C30H26N2O5. The summed E-state index contributed by atoms with van der Waals surface area (Å²) in [5.74, 6) is -4.26. The van der Waals surface area contributed by atoms with E-state index in [9.17, 15) is 14.9 Å². The summed E-state index contributed by atoms with van der Waals surface area (Å²) in [4.78, 5) is 27.9. The molecule has 0 aliphatic carbocycles. The Morgan fingerprint density at radius 3 is 2.14 bits per heavy atom. The van der Waals surface area contributed by atoms with Crippen molar-refractivity contribution in [1.82, 2.24) is 4.90 Å². The first-order valence-corrected chi connectivity index (χ1v) is 12.5. The number of esters is 2. The fourth-order valence-corrected chi connectivity index (χ4v) is 6.31. The zero-order valence-corrected chi connectivity index (χ0v) is 20.2. The Labute approximate surface area is 215 Å². The first-order valence-electron chi connectivity index (χ1n) is 12.5. The van der Waals surface area contributed by atoms with Crippen LogP contribution < -0.4 is 0 Å². The second-order valence-corrected chi connectivity index (χ2v) is 9.76. The SMILES string of the molecule is N#Cc1cccc(COC23OC(=O)C(=O)OC2(C(c2ccccc2)c2ccccc2)N2CCC3CC2)c1. The molecule has 3 aromatic rings. The van der Waals surface area contributed by atoms with Gasteiger partial charge in [-0.2, -0.15) is 5.26 Å². The third kappa shape index (κ3) is 3.64. The highest BCUT2D eigenvalue weighted by Crippen LogP contribution is 2.59. The zero-order chi connectivity index (χ0) is 25.5. The van der Waals surface area contributed by atoms with E-state index in [1.54, 1.807) is 18.2 Å². The molecule has 7 rings (SSSR count). The molecule has 0 N–H and O–H groups in total. The van der Waals surface area contributed by atoms with Crippen molar-refractivity contribution in [2.45, 2.75) is 36.9 Å². The van der Waals surface area contributed by atoms with Crippen LogP contribution >= 0.6 is 0 Å². The molecule has 7 nitrogen and oxygen atoms in total. The molecule has 0 saturated carbocycles. The highest BCUT2D eigenvalue weighted by molar-refractivity contribution is 6.30.